The van der Waals surface area contributed by atoms with Crippen LogP contribution in [0, 0.1) is 5.92 Å². The molecule has 0 radical (unpaired) electrons. The molecule has 2 nitrogen and oxygen atoms in total. The highest BCUT2D eigenvalue weighted by molar-refractivity contribution is 5.79. The van der Waals surface area contributed by atoms with Crippen molar-refractivity contribution in [2.24, 2.45) is 5.92 Å². The SMILES string of the molecule is CCc1cccc(C(C(=O)OC)C2CC2)c1. The van der Waals surface area contributed by atoms with Gasteiger partial charge in [-0.15, -0.1) is 0 Å². The predicted octanol–water partition coefficient (Wildman–Crippen LogP) is 2.92. The third-order valence-corrected chi connectivity index (χ3v) is 3.27. The summed E-state index contributed by atoms with van der Waals surface area (Å²) in [4.78, 5) is 11.8. The van der Waals surface area contributed by atoms with E-state index in [9.17, 15) is 4.79 Å². The molecule has 1 unspecified atom stereocenters. The van der Waals surface area contributed by atoms with Crippen LogP contribution in [0.1, 0.15) is 36.8 Å². The maximum absolute atomic E-state index is 11.8. The Bertz CT molecular complexity index is 380. The van der Waals surface area contributed by atoms with Gasteiger partial charge in [-0.2, -0.15) is 0 Å². The Balaban J connectivity index is 2.27. The minimum atomic E-state index is -0.0873. The molecule has 0 aliphatic heterocycles. The molecular weight excluding hydrogens is 200 g/mol. The molecule has 16 heavy (non-hydrogen) atoms. The van der Waals surface area contributed by atoms with E-state index in [1.807, 2.05) is 12.1 Å². The van der Waals surface area contributed by atoms with E-state index in [2.05, 4.69) is 19.1 Å². The van der Waals surface area contributed by atoms with E-state index in [-0.39, 0.29) is 11.9 Å². The summed E-state index contributed by atoms with van der Waals surface area (Å²) in [6.45, 7) is 2.13. The molecule has 2 rings (SSSR count). The average molecular weight is 218 g/mol. The number of methoxy groups -OCH3 is 1. The molecule has 86 valence electrons. The standard InChI is InChI=1S/C14H18O2/c1-3-10-5-4-6-12(9-10)13(11-7-8-11)14(15)16-2/h4-6,9,11,13H,3,7-8H2,1-2H3. The van der Waals surface area contributed by atoms with Gasteiger partial charge in [0.05, 0.1) is 13.0 Å². The van der Waals surface area contributed by atoms with E-state index in [0.29, 0.717) is 5.92 Å². The van der Waals surface area contributed by atoms with Crippen molar-refractivity contribution in [2.75, 3.05) is 7.11 Å². The number of hydrogen-bond acceptors (Lipinski definition) is 2. The quantitative estimate of drug-likeness (QED) is 0.726. The summed E-state index contributed by atoms with van der Waals surface area (Å²) >= 11 is 0. The van der Waals surface area contributed by atoms with Gasteiger partial charge in [-0.05, 0) is 36.3 Å². The molecule has 1 aromatic rings. The molecule has 0 amide bonds. The van der Waals surface area contributed by atoms with Crippen LogP contribution < -0.4 is 0 Å². The lowest BCUT2D eigenvalue weighted by molar-refractivity contribution is -0.143. The number of carbonyl (C=O) groups is 1. The lowest BCUT2D eigenvalue weighted by Gasteiger charge is -2.14. The molecular formula is C14H18O2. The summed E-state index contributed by atoms with van der Waals surface area (Å²) in [7, 11) is 1.47. The van der Waals surface area contributed by atoms with Gasteiger partial charge in [-0.1, -0.05) is 31.2 Å². The number of esters is 1. The highest BCUT2D eigenvalue weighted by Crippen LogP contribution is 2.43. The first-order valence-electron chi connectivity index (χ1n) is 5.93. The zero-order valence-corrected chi connectivity index (χ0v) is 9.90. The van der Waals surface area contributed by atoms with Gasteiger partial charge < -0.3 is 4.74 Å². The van der Waals surface area contributed by atoms with Gasteiger partial charge in [0.15, 0.2) is 0 Å². The normalized spacial score (nSPS) is 16.9. The lowest BCUT2D eigenvalue weighted by atomic mass is 9.92. The Kier molecular flexibility index (Phi) is 3.28. The first-order chi connectivity index (χ1) is 7.76. The summed E-state index contributed by atoms with van der Waals surface area (Å²) in [5.74, 6) is 0.367. The molecule has 0 aromatic heterocycles. The second-order valence-corrected chi connectivity index (χ2v) is 4.44. The first-order valence-corrected chi connectivity index (χ1v) is 5.93. The molecule has 2 heteroatoms. The summed E-state index contributed by atoms with van der Waals surface area (Å²) in [6.07, 6.45) is 3.30. The summed E-state index contributed by atoms with van der Waals surface area (Å²) < 4.78 is 4.90. The summed E-state index contributed by atoms with van der Waals surface area (Å²) in [5, 5.41) is 0. The topological polar surface area (TPSA) is 26.3 Å². The number of benzene rings is 1. The first kappa shape index (κ1) is 11.2. The molecule has 0 bridgehead atoms. The number of aryl methyl sites for hydroxylation is 1. The average Bonchev–Trinajstić information content (AvgIpc) is 3.14. The van der Waals surface area contributed by atoms with Crippen LogP contribution in [-0.4, -0.2) is 13.1 Å². The molecule has 0 heterocycles. The van der Waals surface area contributed by atoms with Crippen molar-refractivity contribution in [3.05, 3.63) is 35.4 Å². The van der Waals surface area contributed by atoms with Crippen molar-refractivity contribution in [3.8, 4) is 0 Å². The molecule has 1 fully saturated rings. The molecule has 1 aliphatic carbocycles. The van der Waals surface area contributed by atoms with E-state index in [1.54, 1.807) is 0 Å². The second-order valence-electron chi connectivity index (χ2n) is 4.44. The van der Waals surface area contributed by atoms with E-state index in [0.717, 1.165) is 24.8 Å². The Morgan fingerprint density at radius 1 is 1.50 bits per heavy atom. The van der Waals surface area contributed by atoms with E-state index >= 15 is 0 Å². The Morgan fingerprint density at radius 3 is 2.81 bits per heavy atom. The molecule has 0 N–H and O–H groups in total. The van der Waals surface area contributed by atoms with E-state index in [4.69, 9.17) is 4.74 Å². The third kappa shape index (κ3) is 2.26. The van der Waals surface area contributed by atoms with Crippen LogP contribution in [0.25, 0.3) is 0 Å². The molecule has 1 atom stereocenters. The van der Waals surface area contributed by atoms with Crippen LogP contribution in [0.3, 0.4) is 0 Å². The van der Waals surface area contributed by atoms with Gasteiger partial charge >= 0.3 is 5.97 Å². The fourth-order valence-corrected chi connectivity index (χ4v) is 2.16. The van der Waals surface area contributed by atoms with Gasteiger partial charge in [-0.3, -0.25) is 4.79 Å². The lowest BCUT2D eigenvalue weighted by Crippen LogP contribution is -2.16. The summed E-state index contributed by atoms with van der Waals surface area (Å²) in [5.41, 5.74) is 2.40. The maximum atomic E-state index is 11.8. The Morgan fingerprint density at radius 2 is 2.25 bits per heavy atom. The van der Waals surface area contributed by atoms with Crippen LogP contribution >= 0.6 is 0 Å². The van der Waals surface area contributed by atoms with Crippen molar-refractivity contribution in [1.29, 1.82) is 0 Å². The maximum Gasteiger partial charge on any atom is 0.313 e. The zero-order chi connectivity index (χ0) is 11.5. The largest absolute Gasteiger partial charge is 0.469 e. The minimum Gasteiger partial charge on any atom is -0.469 e. The van der Waals surface area contributed by atoms with Gasteiger partial charge in [0, 0.05) is 0 Å². The second kappa shape index (κ2) is 4.69. The van der Waals surface area contributed by atoms with Crippen molar-refractivity contribution in [1.82, 2.24) is 0 Å². The molecule has 0 spiro atoms. The van der Waals surface area contributed by atoms with Crippen molar-refractivity contribution in [3.63, 3.8) is 0 Å². The number of rotatable bonds is 4. The number of ether oxygens (including phenoxy) is 1. The molecule has 0 saturated heterocycles. The predicted molar refractivity (Wildman–Crippen MR) is 63.3 cm³/mol. The molecule has 1 aromatic carbocycles. The molecule has 1 aliphatic rings. The number of carbonyl (C=O) groups excluding carboxylic acids is 1. The Labute approximate surface area is 96.6 Å². The van der Waals surface area contributed by atoms with Crippen LogP contribution in [0.4, 0.5) is 0 Å². The van der Waals surface area contributed by atoms with E-state index in [1.165, 1.54) is 12.7 Å². The smallest absolute Gasteiger partial charge is 0.313 e. The monoisotopic (exact) mass is 218 g/mol. The van der Waals surface area contributed by atoms with Crippen molar-refractivity contribution >= 4 is 5.97 Å². The van der Waals surface area contributed by atoms with Crippen molar-refractivity contribution in [2.45, 2.75) is 32.1 Å². The van der Waals surface area contributed by atoms with Crippen LogP contribution in [0.15, 0.2) is 24.3 Å². The zero-order valence-electron chi connectivity index (χ0n) is 9.90. The Hall–Kier alpha value is -1.31. The molecule has 1 saturated carbocycles. The third-order valence-electron chi connectivity index (χ3n) is 3.27. The highest BCUT2D eigenvalue weighted by atomic mass is 16.5. The summed E-state index contributed by atoms with van der Waals surface area (Å²) in [6, 6.07) is 8.32. The number of hydrogen-bond donors (Lipinski definition) is 0. The van der Waals surface area contributed by atoms with Crippen LogP contribution in [0.5, 0.6) is 0 Å². The van der Waals surface area contributed by atoms with Gasteiger partial charge in [0.2, 0.25) is 0 Å². The fourth-order valence-electron chi connectivity index (χ4n) is 2.16. The van der Waals surface area contributed by atoms with Crippen LogP contribution in [0.2, 0.25) is 0 Å². The van der Waals surface area contributed by atoms with Gasteiger partial charge in [0.25, 0.3) is 0 Å². The van der Waals surface area contributed by atoms with Gasteiger partial charge in [0.1, 0.15) is 0 Å². The minimum absolute atomic E-state index is 0.0449. The fraction of sp³-hybridized carbons (Fsp3) is 0.500. The van der Waals surface area contributed by atoms with Crippen LogP contribution in [-0.2, 0) is 16.0 Å². The van der Waals surface area contributed by atoms with Gasteiger partial charge in [-0.25, -0.2) is 0 Å². The highest BCUT2D eigenvalue weighted by Gasteiger charge is 2.37. The van der Waals surface area contributed by atoms with E-state index < -0.39 is 0 Å². The van der Waals surface area contributed by atoms with Crippen molar-refractivity contribution < 1.29 is 9.53 Å².